The molecule has 0 spiro atoms. The number of benzene rings is 1. The Morgan fingerprint density at radius 2 is 1.88 bits per heavy atom. The molecule has 1 N–H and O–H groups in total. The second-order valence-corrected chi connectivity index (χ2v) is 4.61. The standard InChI is InChI=1S/C13H13NOS/c1-10(15)11-5-7-12(8-6-11)16-13-4-2-3-9-14-13/h2-10,15H,1H3/t10-/m0/s1. The fourth-order valence-electron chi connectivity index (χ4n) is 1.34. The highest BCUT2D eigenvalue weighted by Crippen LogP contribution is 2.26. The molecule has 3 heteroatoms. The second-order valence-electron chi connectivity index (χ2n) is 3.52. The number of hydrogen-bond donors (Lipinski definition) is 1. The molecule has 2 nitrogen and oxygen atoms in total. The number of hydrogen-bond acceptors (Lipinski definition) is 3. The Kier molecular flexibility index (Phi) is 3.59. The van der Waals surface area contributed by atoms with E-state index >= 15 is 0 Å². The molecule has 0 aliphatic carbocycles. The minimum Gasteiger partial charge on any atom is -0.389 e. The zero-order valence-electron chi connectivity index (χ0n) is 9.00. The van der Waals surface area contributed by atoms with Gasteiger partial charge < -0.3 is 5.11 Å². The first kappa shape index (κ1) is 11.2. The van der Waals surface area contributed by atoms with Crippen LogP contribution in [0.4, 0.5) is 0 Å². The Labute approximate surface area is 99.4 Å². The molecule has 0 aliphatic rings. The first-order valence-corrected chi connectivity index (χ1v) is 5.94. The Bertz CT molecular complexity index is 439. The van der Waals surface area contributed by atoms with Gasteiger partial charge in [0.1, 0.15) is 5.03 Å². The van der Waals surface area contributed by atoms with Crippen molar-refractivity contribution in [2.24, 2.45) is 0 Å². The van der Waals surface area contributed by atoms with Crippen molar-refractivity contribution in [3.05, 3.63) is 54.2 Å². The van der Waals surface area contributed by atoms with E-state index in [0.29, 0.717) is 0 Å². The summed E-state index contributed by atoms with van der Waals surface area (Å²) in [6.07, 6.45) is 1.38. The van der Waals surface area contributed by atoms with Gasteiger partial charge in [-0.1, -0.05) is 30.0 Å². The topological polar surface area (TPSA) is 33.1 Å². The summed E-state index contributed by atoms with van der Waals surface area (Å²) in [7, 11) is 0. The average molecular weight is 231 g/mol. The van der Waals surface area contributed by atoms with E-state index in [1.54, 1.807) is 24.9 Å². The Balaban J connectivity index is 2.11. The molecule has 0 saturated heterocycles. The molecule has 0 bridgehead atoms. The number of rotatable bonds is 3. The highest BCUT2D eigenvalue weighted by Gasteiger charge is 2.01. The smallest absolute Gasteiger partial charge is 0.101 e. The SMILES string of the molecule is C[C@H](O)c1ccc(Sc2ccccn2)cc1. The summed E-state index contributed by atoms with van der Waals surface area (Å²) in [6, 6.07) is 13.7. The molecule has 2 rings (SSSR count). The van der Waals surface area contributed by atoms with Gasteiger partial charge in [-0.15, -0.1) is 0 Å². The van der Waals surface area contributed by atoms with E-state index in [0.717, 1.165) is 15.5 Å². The van der Waals surface area contributed by atoms with Gasteiger partial charge in [-0.3, -0.25) is 0 Å². The molecule has 1 heterocycles. The molecule has 0 aliphatic heterocycles. The third kappa shape index (κ3) is 2.84. The van der Waals surface area contributed by atoms with Crippen molar-refractivity contribution < 1.29 is 5.11 Å². The number of aliphatic hydroxyl groups is 1. The van der Waals surface area contributed by atoms with Crippen molar-refractivity contribution in [1.29, 1.82) is 0 Å². The molecule has 1 atom stereocenters. The normalized spacial score (nSPS) is 12.4. The maximum atomic E-state index is 9.39. The van der Waals surface area contributed by atoms with Crippen molar-refractivity contribution in [3.8, 4) is 0 Å². The fourth-order valence-corrected chi connectivity index (χ4v) is 2.12. The third-order valence-corrected chi connectivity index (χ3v) is 3.18. The molecule has 1 aromatic heterocycles. The van der Waals surface area contributed by atoms with Crippen molar-refractivity contribution in [2.75, 3.05) is 0 Å². The molecule has 16 heavy (non-hydrogen) atoms. The van der Waals surface area contributed by atoms with E-state index in [9.17, 15) is 5.11 Å². The summed E-state index contributed by atoms with van der Waals surface area (Å²) in [5, 5.41) is 10.4. The van der Waals surface area contributed by atoms with Crippen LogP contribution in [0.2, 0.25) is 0 Å². The van der Waals surface area contributed by atoms with Crippen LogP contribution < -0.4 is 0 Å². The summed E-state index contributed by atoms with van der Waals surface area (Å²) in [5.74, 6) is 0. The molecule has 0 radical (unpaired) electrons. The lowest BCUT2D eigenvalue weighted by Crippen LogP contribution is -1.89. The molecule has 82 valence electrons. The number of aliphatic hydroxyl groups excluding tert-OH is 1. The van der Waals surface area contributed by atoms with Gasteiger partial charge >= 0.3 is 0 Å². The minimum atomic E-state index is -0.408. The van der Waals surface area contributed by atoms with Crippen molar-refractivity contribution in [1.82, 2.24) is 4.98 Å². The van der Waals surface area contributed by atoms with Crippen molar-refractivity contribution in [3.63, 3.8) is 0 Å². The van der Waals surface area contributed by atoms with Crippen molar-refractivity contribution >= 4 is 11.8 Å². The highest BCUT2D eigenvalue weighted by molar-refractivity contribution is 7.99. The molecular weight excluding hydrogens is 218 g/mol. The third-order valence-electron chi connectivity index (χ3n) is 2.22. The van der Waals surface area contributed by atoms with Crippen LogP contribution in [0.15, 0.2) is 58.6 Å². The molecule has 0 saturated carbocycles. The van der Waals surface area contributed by atoms with Crippen LogP contribution in [0.3, 0.4) is 0 Å². The summed E-state index contributed by atoms with van der Waals surface area (Å²) < 4.78 is 0. The van der Waals surface area contributed by atoms with Gasteiger partial charge in [-0.25, -0.2) is 4.98 Å². The van der Waals surface area contributed by atoms with Gasteiger partial charge in [-0.2, -0.15) is 0 Å². The molecule has 0 fully saturated rings. The largest absolute Gasteiger partial charge is 0.389 e. The number of pyridine rings is 1. The lowest BCUT2D eigenvalue weighted by atomic mass is 10.1. The molecule has 0 unspecified atom stereocenters. The van der Waals surface area contributed by atoms with Crippen LogP contribution >= 0.6 is 11.8 Å². The van der Waals surface area contributed by atoms with Crippen LogP contribution in [0.5, 0.6) is 0 Å². The van der Waals surface area contributed by atoms with Crippen LogP contribution in [-0.2, 0) is 0 Å². The lowest BCUT2D eigenvalue weighted by Gasteiger charge is -2.05. The average Bonchev–Trinajstić information content (AvgIpc) is 2.31. The van der Waals surface area contributed by atoms with Gasteiger partial charge in [-0.05, 0) is 36.8 Å². The van der Waals surface area contributed by atoms with Gasteiger partial charge in [0.2, 0.25) is 0 Å². The summed E-state index contributed by atoms with van der Waals surface area (Å²) >= 11 is 1.62. The second kappa shape index (κ2) is 5.14. The predicted molar refractivity (Wildman–Crippen MR) is 65.4 cm³/mol. The van der Waals surface area contributed by atoms with E-state index < -0.39 is 6.10 Å². The van der Waals surface area contributed by atoms with E-state index in [2.05, 4.69) is 4.98 Å². The molecular formula is C13H13NOS. The van der Waals surface area contributed by atoms with E-state index in [1.165, 1.54) is 0 Å². The first-order chi connectivity index (χ1) is 7.75. The maximum Gasteiger partial charge on any atom is 0.101 e. The number of nitrogens with zero attached hydrogens (tertiary/aromatic N) is 1. The minimum absolute atomic E-state index is 0.408. The summed E-state index contributed by atoms with van der Waals surface area (Å²) in [6.45, 7) is 1.76. The Morgan fingerprint density at radius 3 is 2.44 bits per heavy atom. The highest BCUT2D eigenvalue weighted by atomic mass is 32.2. The molecule has 2 aromatic rings. The van der Waals surface area contributed by atoms with Crippen LogP contribution in [0.1, 0.15) is 18.6 Å². The molecule has 0 amide bonds. The first-order valence-electron chi connectivity index (χ1n) is 5.12. The van der Waals surface area contributed by atoms with E-state index in [1.807, 2.05) is 42.5 Å². The van der Waals surface area contributed by atoms with Crippen LogP contribution in [0.25, 0.3) is 0 Å². The summed E-state index contributed by atoms with van der Waals surface area (Å²) in [5.41, 5.74) is 0.936. The fraction of sp³-hybridized carbons (Fsp3) is 0.154. The maximum absolute atomic E-state index is 9.39. The van der Waals surface area contributed by atoms with E-state index in [-0.39, 0.29) is 0 Å². The lowest BCUT2D eigenvalue weighted by molar-refractivity contribution is 0.199. The van der Waals surface area contributed by atoms with Gasteiger partial charge in [0.15, 0.2) is 0 Å². The zero-order chi connectivity index (χ0) is 11.4. The number of aromatic nitrogens is 1. The van der Waals surface area contributed by atoms with Gasteiger partial charge in [0.25, 0.3) is 0 Å². The van der Waals surface area contributed by atoms with Crippen LogP contribution in [0, 0.1) is 0 Å². The summed E-state index contributed by atoms with van der Waals surface area (Å²) in [4.78, 5) is 5.37. The van der Waals surface area contributed by atoms with Crippen molar-refractivity contribution in [2.45, 2.75) is 22.9 Å². The molecule has 1 aromatic carbocycles. The monoisotopic (exact) mass is 231 g/mol. The quantitative estimate of drug-likeness (QED) is 0.880. The zero-order valence-corrected chi connectivity index (χ0v) is 9.82. The Hall–Kier alpha value is -1.32. The van der Waals surface area contributed by atoms with E-state index in [4.69, 9.17) is 0 Å². The van der Waals surface area contributed by atoms with Gasteiger partial charge in [0.05, 0.1) is 6.10 Å². The van der Waals surface area contributed by atoms with Gasteiger partial charge in [0, 0.05) is 11.1 Å². The Morgan fingerprint density at radius 1 is 1.12 bits per heavy atom. The van der Waals surface area contributed by atoms with Crippen LogP contribution in [-0.4, -0.2) is 10.1 Å². The predicted octanol–water partition coefficient (Wildman–Crippen LogP) is 3.29.